The third kappa shape index (κ3) is 3.49. The molecule has 0 saturated heterocycles. The second kappa shape index (κ2) is 7.84. The Bertz CT molecular complexity index is 1010. The highest BCUT2D eigenvalue weighted by Gasteiger charge is 2.37. The fourth-order valence-corrected chi connectivity index (χ4v) is 3.26. The van der Waals surface area contributed by atoms with Crippen LogP contribution in [0.5, 0.6) is 5.75 Å². The highest BCUT2D eigenvalue weighted by atomic mass is 19.1. The van der Waals surface area contributed by atoms with Crippen molar-refractivity contribution in [2.45, 2.75) is 12.8 Å². The number of carbonyl (C=O) groups excluding carboxylic acids is 1. The molecule has 0 saturated carbocycles. The Labute approximate surface area is 165 Å². The zero-order valence-corrected chi connectivity index (χ0v) is 16.0. The summed E-state index contributed by atoms with van der Waals surface area (Å²) in [6.07, 6.45) is 0. The van der Waals surface area contributed by atoms with Crippen molar-refractivity contribution in [2.24, 2.45) is 0 Å². The number of fused-ring (bicyclic) bond motifs is 2. The van der Waals surface area contributed by atoms with Gasteiger partial charge in [-0.2, -0.15) is 0 Å². The number of nitrogens with zero attached hydrogens (tertiary/aromatic N) is 2. The maximum Gasteiger partial charge on any atom is 0.314 e. The van der Waals surface area contributed by atoms with E-state index in [2.05, 4.69) is 5.43 Å². The van der Waals surface area contributed by atoms with Crippen molar-refractivity contribution in [2.75, 3.05) is 25.8 Å². The molecule has 2 bridgehead atoms. The van der Waals surface area contributed by atoms with Gasteiger partial charge in [-0.25, -0.2) is 9.82 Å². The molecule has 10 heteroatoms. The Morgan fingerprint density at radius 3 is 2.69 bits per heavy atom. The molecule has 1 atom stereocenters. The third-order valence-corrected chi connectivity index (χ3v) is 4.74. The quantitative estimate of drug-likeness (QED) is 0.415. The second-order valence-electron chi connectivity index (χ2n) is 6.40. The summed E-state index contributed by atoms with van der Waals surface area (Å²) >= 11 is 0. The summed E-state index contributed by atoms with van der Waals surface area (Å²) in [5.41, 5.74) is 3.63. The maximum absolute atomic E-state index is 14.2. The fraction of sp³-hybridized carbons (Fsp3) is 0.263. The molecule has 29 heavy (non-hydrogen) atoms. The van der Waals surface area contributed by atoms with Crippen LogP contribution in [0.3, 0.4) is 0 Å². The summed E-state index contributed by atoms with van der Waals surface area (Å²) in [5.74, 6) is -1.95. The number of nitro groups is 1. The molecule has 0 spiro atoms. The Balaban J connectivity index is 1.93. The zero-order chi connectivity index (χ0) is 21.3. The molecule has 0 radical (unpaired) electrons. The lowest BCUT2D eigenvalue weighted by molar-refractivity contribution is -0.383. The lowest BCUT2D eigenvalue weighted by atomic mass is 9.96. The monoisotopic (exact) mass is 402 g/mol. The topological polar surface area (TPSA) is 118 Å². The van der Waals surface area contributed by atoms with Crippen LogP contribution in [0.25, 0.3) is 0 Å². The summed E-state index contributed by atoms with van der Waals surface area (Å²) in [5, 5.41) is 20.8. The molecule has 1 aliphatic heterocycles. The lowest BCUT2D eigenvalue weighted by Gasteiger charge is -2.24. The van der Waals surface area contributed by atoms with Crippen LogP contribution in [0.4, 0.5) is 15.8 Å². The lowest BCUT2D eigenvalue weighted by Crippen LogP contribution is -2.43. The van der Waals surface area contributed by atoms with Crippen molar-refractivity contribution < 1.29 is 23.6 Å². The van der Waals surface area contributed by atoms with Gasteiger partial charge in [0, 0.05) is 12.1 Å². The van der Waals surface area contributed by atoms with Crippen LogP contribution < -0.4 is 15.2 Å². The van der Waals surface area contributed by atoms with Gasteiger partial charge in [-0.15, -0.1) is 0 Å². The van der Waals surface area contributed by atoms with Crippen LogP contribution in [-0.2, 0) is 9.53 Å². The molecule has 1 heterocycles. The predicted octanol–water partition coefficient (Wildman–Crippen LogP) is 2.66. The van der Waals surface area contributed by atoms with Gasteiger partial charge in [0.2, 0.25) is 0 Å². The van der Waals surface area contributed by atoms with E-state index in [0.717, 1.165) is 0 Å². The third-order valence-electron chi connectivity index (χ3n) is 4.74. The Morgan fingerprint density at radius 1 is 1.38 bits per heavy atom. The number of hydrogen-bond donors (Lipinski definition) is 2. The van der Waals surface area contributed by atoms with Gasteiger partial charge in [-0.3, -0.25) is 25.3 Å². The van der Waals surface area contributed by atoms with Crippen molar-refractivity contribution in [1.29, 1.82) is 5.41 Å². The van der Waals surface area contributed by atoms with Gasteiger partial charge >= 0.3 is 11.7 Å². The highest BCUT2D eigenvalue weighted by molar-refractivity contribution is 6.17. The molecule has 1 aliphatic rings. The number of carbonyl (C=O) groups is 1. The molecule has 0 aromatic heterocycles. The van der Waals surface area contributed by atoms with Crippen molar-refractivity contribution in [3.8, 4) is 5.75 Å². The molecule has 0 fully saturated rings. The molecular weight excluding hydrogens is 383 g/mol. The van der Waals surface area contributed by atoms with Crippen LogP contribution in [0.15, 0.2) is 30.3 Å². The molecule has 9 nitrogen and oxygen atoms in total. The van der Waals surface area contributed by atoms with Gasteiger partial charge in [-0.1, -0.05) is 6.07 Å². The normalized spacial score (nSPS) is 13.4. The summed E-state index contributed by atoms with van der Waals surface area (Å²) in [4.78, 5) is 23.2. The van der Waals surface area contributed by atoms with E-state index in [1.165, 1.54) is 43.5 Å². The second-order valence-corrected chi connectivity index (χ2v) is 6.40. The van der Waals surface area contributed by atoms with E-state index in [1.54, 1.807) is 13.0 Å². The zero-order valence-electron chi connectivity index (χ0n) is 16.0. The number of nitro benzene ring substituents is 1. The van der Waals surface area contributed by atoms with Gasteiger partial charge < -0.3 is 9.47 Å². The number of anilines is 1. The number of hydrogen-bond acceptors (Lipinski definition) is 7. The molecule has 2 N–H and O–H groups in total. The SMILES string of the molecule is COC(=O)C(CNN1C(=N)c2cccc1c2[N+](=O)[O-])c1cc(F)c(C)cc1OC. The first-order valence-corrected chi connectivity index (χ1v) is 8.62. The molecule has 0 aliphatic carbocycles. The van der Waals surface area contributed by atoms with Crippen LogP contribution in [-0.4, -0.2) is 37.5 Å². The number of halogens is 1. The molecular formula is C19H19FN4O5. The van der Waals surface area contributed by atoms with E-state index < -0.39 is 22.6 Å². The van der Waals surface area contributed by atoms with Crippen LogP contribution in [0.2, 0.25) is 0 Å². The van der Waals surface area contributed by atoms with Crippen LogP contribution >= 0.6 is 0 Å². The van der Waals surface area contributed by atoms with Gasteiger partial charge in [0.05, 0.1) is 30.6 Å². The minimum absolute atomic E-state index is 0.108. The summed E-state index contributed by atoms with van der Waals surface area (Å²) < 4.78 is 24.3. The average Bonchev–Trinajstić information content (AvgIpc) is 2.87. The minimum atomic E-state index is -0.976. The first-order chi connectivity index (χ1) is 13.8. The van der Waals surface area contributed by atoms with Crippen molar-refractivity contribution in [3.63, 3.8) is 0 Å². The summed E-state index contributed by atoms with van der Waals surface area (Å²) in [6.45, 7) is 1.47. The first kappa shape index (κ1) is 20.2. The standard InChI is InChI=1S/C19H19FN4O5/c1-10-7-16(28-2)12(8-14(10)20)13(19(25)29-3)9-22-23-15-6-4-5-11(18(23)21)17(15)24(26)27/h4-8,13,21-22H,9H2,1-3H3. The molecule has 3 rings (SSSR count). The minimum Gasteiger partial charge on any atom is -0.496 e. The van der Waals surface area contributed by atoms with Crippen molar-refractivity contribution in [3.05, 3.63) is 63.0 Å². The summed E-state index contributed by atoms with van der Waals surface area (Å²) in [7, 11) is 2.61. The highest BCUT2D eigenvalue weighted by Crippen LogP contribution is 2.38. The van der Waals surface area contributed by atoms with E-state index in [0.29, 0.717) is 11.3 Å². The number of methoxy groups -OCH3 is 2. The Morgan fingerprint density at radius 2 is 2.10 bits per heavy atom. The van der Waals surface area contributed by atoms with E-state index in [9.17, 15) is 19.3 Å². The molecule has 2 aromatic carbocycles. The van der Waals surface area contributed by atoms with Crippen molar-refractivity contribution >= 4 is 23.2 Å². The van der Waals surface area contributed by atoms with E-state index >= 15 is 0 Å². The van der Waals surface area contributed by atoms with E-state index in [-0.39, 0.29) is 34.9 Å². The first-order valence-electron chi connectivity index (χ1n) is 8.62. The number of amidine groups is 1. The van der Waals surface area contributed by atoms with Gasteiger partial charge in [0.25, 0.3) is 0 Å². The molecule has 1 unspecified atom stereocenters. The largest absolute Gasteiger partial charge is 0.496 e. The number of hydrazine groups is 1. The fourth-order valence-electron chi connectivity index (χ4n) is 3.26. The van der Waals surface area contributed by atoms with Crippen LogP contribution in [0.1, 0.15) is 22.6 Å². The average molecular weight is 402 g/mol. The van der Waals surface area contributed by atoms with Gasteiger partial charge in [0.15, 0.2) is 5.84 Å². The molecule has 2 aromatic rings. The maximum atomic E-state index is 14.2. The number of rotatable bonds is 7. The number of nitrogens with one attached hydrogen (secondary N) is 2. The number of para-hydroxylation sites is 1. The number of esters is 1. The smallest absolute Gasteiger partial charge is 0.314 e. The van der Waals surface area contributed by atoms with Crippen LogP contribution in [0, 0.1) is 28.3 Å². The Kier molecular flexibility index (Phi) is 5.46. The van der Waals surface area contributed by atoms with E-state index in [1.807, 2.05) is 0 Å². The Hall–Kier alpha value is -3.53. The number of ether oxygens (including phenoxy) is 2. The van der Waals surface area contributed by atoms with Crippen molar-refractivity contribution in [1.82, 2.24) is 5.43 Å². The predicted molar refractivity (Wildman–Crippen MR) is 103 cm³/mol. The molecule has 152 valence electrons. The molecule has 0 amide bonds. The van der Waals surface area contributed by atoms with Gasteiger partial charge in [0.1, 0.15) is 17.3 Å². The number of benzene rings is 2. The van der Waals surface area contributed by atoms with E-state index in [4.69, 9.17) is 14.9 Å². The number of aryl methyl sites for hydroxylation is 1. The summed E-state index contributed by atoms with van der Waals surface area (Å²) in [6, 6.07) is 7.25. The van der Waals surface area contributed by atoms with Gasteiger partial charge in [-0.05, 0) is 36.8 Å².